The molecular formula is C23H31N3O4. The Kier molecular flexibility index (Phi) is 6.25. The first kappa shape index (κ1) is 20.7. The molecule has 3 unspecified atom stereocenters. The van der Waals surface area contributed by atoms with Gasteiger partial charge in [-0.15, -0.1) is 0 Å². The molecule has 30 heavy (non-hydrogen) atoms. The third-order valence-electron chi connectivity index (χ3n) is 6.72. The zero-order valence-corrected chi connectivity index (χ0v) is 17.6. The molecule has 162 valence electrons. The minimum Gasteiger partial charge on any atom is -0.497 e. The molecule has 3 amide bonds. The predicted molar refractivity (Wildman–Crippen MR) is 112 cm³/mol. The second-order valence-electron chi connectivity index (χ2n) is 8.73. The summed E-state index contributed by atoms with van der Waals surface area (Å²) in [5.41, 5.74) is 0.975. The Bertz CT molecular complexity index is 788. The second kappa shape index (κ2) is 9.06. The van der Waals surface area contributed by atoms with E-state index in [0.29, 0.717) is 25.8 Å². The van der Waals surface area contributed by atoms with Gasteiger partial charge in [0.25, 0.3) is 0 Å². The van der Waals surface area contributed by atoms with Crippen molar-refractivity contribution < 1.29 is 19.1 Å². The van der Waals surface area contributed by atoms with E-state index in [2.05, 4.69) is 10.6 Å². The Morgan fingerprint density at radius 1 is 1.13 bits per heavy atom. The number of fused-ring (bicyclic) bond motifs is 1. The summed E-state index contributed by atoms with van der Waals surface area (Å²) in [4.78, 5) is 40.1. The van der Waals surface area contributed by atoms with Crippen LogP contribution in [0.1, 0.15) is 50.5 Å². The smallest absolute Gasteiger partial charge is 0.246 e. The number of nitrogens with zero attached hydrogens (tertiary/aromatic N) is 1. The first-order valence-corrected chi connectivity index (χ1v) is 11.1. The Morgan fingerprint density at radius 2 is 1.87 bits per heavy atom. The molecule has 2 N–H and O–H groups in total. The number of hydrogen-bond acceptors (Lipinski definition) is 4. The molecular weight excluding hydrogens is 382 g/mol. The average Bonchev–Trinajstić information content (AvgIpc) is 2.78. The summed E-state index contributed by atoms with van der Waals surface area (Å²) in [5.74, 6) is 0.827. The fraction of sp³-hybridized carbons (Fsp3) is 0.609. The second-order valence-corrected chi connectivity index (χ2v) is 8.73. The van der Waals surface area contributed by atoms with E-state index in [1.165, 1.54) is 6.42 Å². The zero-order chi connectivity index (χ0) is 21.1. The van der Waals surface area contributed by atoms with Gasteiger partial charge in [0.1, 0.15) is 17.8 Å². The van der Waals surface area contributed by atoms with Crippen LogP contribution in [-0.4, -0.2) is 54.4 Å². The number of nitrogens with one attached hydrogen (secondary N) is 2. The maximum absolute atomic E-state index is 13.0. The molecule has 2 saturated heterocycles. The van der Waals surface area contributed by atoms with Gasteiger partial charge in [-0.2, -0.15) is 0 Å². The fourth-order valence-corrected chi connectivity index (χ4v) is 4.96. The Balaban J connectivity index is 1.35. The number of carbonyl (C=O) groups excluding carboxylic acids is 3. The van der Waals surface area contributed by atoms with Crippen LogP contribution in [0.15, 0.2) is 24.3 Å². The number of ether oxygens (including phenoxy) is 1. The van der Waals surface area contributed by atoms with Gasteiger partial charge in [-0.1, -0.05) is 31.4 Å². The predicted octanol–water partition coefficient (Wildman–Crippen LogP) is 1.79. The molecule has 4 rings (SSSR count). The van der Waals surface area contributed by atoms with Crippen LogP contribution >= 0.6 is 0 Å². The number of benzene rings is 1. The highest BCUT2D eigenvalue weighted by Crippen LogP contribution is 2.27. The number of methoxy groups -OCH3 is 1. The van der Waals surface area contributed by atoms with E-state index in [1.807, 2.05) is 24.3 Å². The van der Waals surface area contributed by atoms with Crippen molar-refractivity contribution in [3.05, 3.63) is 29.8 Å². The molecule has 2 heterocycles. The van der Waals surface area contributed by atoms with E-state index in [0.717, 1.165) is 37.0 Å². The normalized spacial score (nSPS) is 27.2. The van der Waals surface area contributed by atoms with Crippen LogP contribution in [0.2, 0.25) is 0 Å². The minimum atomic E-state index is -0.546. The molecule has 3 aliphatic rings. The Labute approximate surface area is 177 Å². The Morgan fingerprint density at radius 3 is 2.57 bits per heavy atom. The van der Waals surface area contributed by atoms with E-state index in [9.17, 15) is 14.4 Å². The number of hydrogen-bond donors (Lipinski definition) is 2. The van der Waals surface area contributed by atoms with E-state index >= 15 is 0 Å². The summed E-state index contributed by atoms with van der Waals surface area (Å²) in [6, 6.07) is 6.46. The van der Waals surface area contributed by atoms with Crippen molar-refractivity contribution in [2.45, 2.75) is 69.5 Å². The van der Waals surface area contributed by atoms with Crippen molar-refractivity contribution in [2.75, 3.05) is 13.7 Å². The summed E-state index contributed by atoms with van der Waals surface area (Å²) in [6.07, 6.45) is 7.01. The van der Waals surface area contributed by atoms with Gasteiger partial charge in [-0.25, -0.2) is 0 Å². The largest absolute Gasteiger partial charge is 0.497 e. The van der Waals surface area contributed by atoms with Gasteiger partial charge in [-0.05, 0) is 43.4 Å². The van der Waals surface area contributed by atoms with Crippen molar-refractivity contribution in [2.24, 2.45) is 5.92 Å². The standard InChI is InChI=1S/C23H31N3O4/c1-30-18-9-7-15(8-10-18)13-19-23(29)26-12-11-17(14-20(26)22(28)25-19)24-21(27)16-5-3-2-4-6-16/h7-10,16-17,19-20H,2-6,11-14H2,1H3,(H,24,27)(H,25,28). The lowest BCUT2D eigenvalue weighted by Gasteiger charge is -2.44. The van der Waals surface area contributed by atoms with Crippen LogP contribution in [0, 0.1) is 5.92 Å². The summed E-state index contributed by atoms with van der Waals surface area (Å²) in [7, 11) is 1.61. The highest BCUT2D eigenvalue weighted by Gasteiger charge is 2.44. The summed E-state index contributed by atoms with van der Waals surface area (Å²) in [5, 5.41) is 6.06. The minimum absolute atomic E-state index is 0.0347. The van der Waals surface area contributed by atoms with Gasteiger partial charge in [0, 0.05) is 24.9 Å². The molecule has 7 nitrogen and oxygen atoms in total. The number of piperazine rings is 1. The van der Waals surface area contributed by atoms with Crippen molar-refractivity contribution in [3.63, 3.8) is 0 Å². The van der Waals surface area contributed by atoms with E-state index < -0.39 is 12.1 Å². The summed E-state index contributed by atoms with van der Waals surface area (Å²) >= 11 is 0. The quantitative estimate of drug-likeness (QED) is 0.771. The van der Waals surface area contributed by atoms with Crippen LogP contribution in [0.3, 0.4) is 0 Å². The van der Waals surface area contributed by atoms with Crippen molar-refractivity contribution in [1.82, 2.24) is 15.5 Å². The number of carbonyl (C=O) groups is 3. The van der Waals surface area contributed by atoms with Crippen LogP contribution in [0.5, 0.6) is 5.75 Å². The maximum Gasteiger partial charge on any atom is 0.246 e. The van der Waals surface area contributed by atoms with E-state index in [4.69, 9.17) is 4.74 Å². The van der Waals surface area contributed by atoms with Crippen molar-refractivity contribution in [3.8, 4) is 5.75 Å². The van der Waals surface area contributed by atoms with Crippen molar-refractivity contribution >= 4 is 17.7 Å². The molecule has 7 heteroatoms. The topological polar surface area (TPSA) is 87.7 Å². The molecule has 0 aromatic heterocycles. The van der Waals surface area contributed by atoms with E-state index in [-0.39, 0.29) is 29.7 Å². The van der Waals surface area contributed by atoms with Gasteiger partial charge >= 0.3 is 0 Å². The molecule has 1 aliphatic carbocycles. The van der Waals surface area contributed by atoms with Gasteiger partial charge in [0.05, 0.1) is 7.11 Å². The fourth-order valence-electron chi connectivity index (χ4n) is 4.96. The first-order valence-electron chi connectivity index (χ1n) is 11.1. The molecule has 3 atom stereocenters. The third kappa shape index (κ3) is 4.45. The van der Waals surface area contributed by atoms with Crippen LogP contribution < -0.4 is 15.4 Å². The average molecular weight is 414 g/mol. The SMILES string of the molecule is COc1ccc(CC2NC(=O)C3CC(NC(=O)C4CCCCC4)CCN3C2=O)cc1. The number of piperidine rings is 1. The molecule has 2 aliphatic heterocycles. The lowest BCUT2D eigenvalue weighted by molar-refractivity contribution is -0.152. The van der Waals surface area contributed by atoms with Gasteiger partial charge in [0.2, 0.25) is 17.7 Å². The molecule has 0 radical (unpaired) electrons. The Hall–Kier alpha value is -2.57. The monoisotopic (exact) mass is 413 g/mol. The van der Waals surface area contributed by atoms with E-state index in [1.54, 1.807) is 12.0 Å². The lowest BCUT2D eigenvalue weighted by atomic mass is 9.87. The highest BCUT2D eigenvalue weighted by molar-refractivity contribution is 5.97. The molecule has 1 aromatic rings. The molecule has 1 aromatic carbocycles. The third-order valence-corrected chi connectivity index (χ3v) is 6.72. The number of amides is 3. The summed E-state index contributed by atoms with van der Waals surface area (Å²) in [6.45, 7) is 0.506. The highest BCUT2D eigenvalue weighted by atomic mass is 16.5. The molecule has 0 spiro atoms. The van der Waals surface area contributed by atoms with Gasteiger partial charge in [-0.3, -0.25) is 14.4 Å². The van der Waals surface area contributed by atoms with Crippen LogP contribution in [-0.2, 0) is 20.8 Å². The van der Waals surface area contributed by atoms with Crippen LogP contribution in [0.25, 0.3) is 0 Å². The van der Waals surface area contributed by atoms with Crippen LogP contribution in [0.4, 0.5) is 0 Å². The number of rotatable bonds is 5. The summed E-state index contributed by atoms with van der Waals surface area (Å²) < 4.78 is 5.17. The molecule has 0 bridgehead atoms. The lowest BCUT2D eigenvalue weighted by Crippen LogP contribution is -2.67. The van der Waals surface area contributed by atoms with Gasteiger partial charge in [0.15, 0.2) is 0 Å². The maximum atomic E-state index is 13.0. The zero-order valence-electron chi connectivity index (χ0n) is 17.6. The first-order chi connectivity index (χ1) is 14.5. The van der Waals surface area contributed by atoms with Gasteiger partial charge < -0.3 is 20.3 Å². The molecule has 3 fully saturated rings. The van der Waals surface area contributed by atoms with Crippen molar-refractivity contribution in [1.29, 1.82) is 0 Å². The molecule has 1 saturated carbocycles.